The maximum absolute atomic E-state index is 13.4. The van der Waals surface area contributed by atoms with E-state index in [-0.39, 0.29) is 17.1 Å². The number of carbonyl (C=O) groups is 1. The molecule has 5 rings (SSSR count). The number of hydrogen-bond acceptors (Lipinski definition) is 6. The van der Waals surface area contributed by atoms with Crippen molar-refractivity contribution >= 4 is 33.2 Å². The number of sulfone groups is 1. The van der Waals surface area contributed by atoms with Gasteiger partial charge in [0.2, 0.25) is 0 Å². The molecule has 0 aliphatic carbocycles. The monoisotopic (exact) mass is 468 g/mol. The molecule has 1 amide bonds. The largest absolute Gasteiger partial charge is 0.360 e. The number of hydrogen-bond donors (Lipinski definition) is 1. The van der Waals surface area contributed by atoms with E-state index in [1.54, 1.807) is 35.9 Å². The van der Waals surface area contributed by atoms with E-state index < -0.39 is 15.7 Å². The van der Waals surface area contributed by atoms with Crippen molar-refractivity contribution in [3.05, 3.63) is 82.2 Å². The van der Waals surface area contributed by atoms with Gasteiger partial charge in [0.1, 0.15) is 22.8 Å². The van der Waals surface area contributed by atoms with E-state index in [0.29, 0.717) is 44.8 Å². The summed E-state index contributed by atoms with van der Waals surface area (Å²) >= 11 is 6.31. The first-order valence-corrected chi connectivity index (χ1v) is 11.9. The zero-order valence-corrected chi connectivity index (χ0v) is 18.4. The number of nitrogens with zero attached hydrogens (tertiary/aromatic N) is 3. The number of benzene rings is 2. The van der Waals surface area contributed by atoms with Crippen LogP contribution in [-0.4, -0.2) is 29.3 Å². The van der Waals surface area contributed by atoms with E-state index in [0.717, 1.165) is 0 Å². The van der Waals surface area contributed by atoms with E-state index in [2.05, 4.69) is 15.6 Å². The summed E-state index contributed by atoms with van der Waals surface area (Å²) in [4.78, 5) is 13.4. The van der Waals surface area contributed by atoms with Crippen LogP contribution in [0.5, 0.6) is 0 Å². The lowest BCUT2D eigenvalue weighted by atomic mass is 10.1. The maximum Gasteiger partial charge on any atom is 0.262 e. The molecule has 1 N–H and O–H groups in total. The molecular formula is C22H17ClN4O4S. The second kappa shape index (κ2) is 7.61. The van der Waals surface area contributed by atoms with Crippen LogP contribution in [0.25, 0.3) is 16.9 Å². The van der Waals surface area contributed by atoms with Crippen molar-refractivity contribution < 1.29 is 17.7 Å². The summed E-state index contributed by atoms with van der Waals surface area (Å²) in [6.07, 6.45) is 0. The van der Waals surface area contributed by atoms with Crippen molar-refractivity contribution in [2.24, 2.45) is 0 Å². The van der Waals surface area contributed by atoms with Gasteiger partial charge >= 0.3 is 0 Å². The number of rotatable bonds is 4. The Morgan fingerprint density at radius 2 is 1.81 bits per heavy atom. The number of carbonyl (C=O) groups excluding carboxylic acids is 1. The molecule has 2 aromatic carbocycles. The van der Waals surface area contributed by atoms with Crippen LogP contribution in [0, 0.1) is 6.92 Å². The molecule has 0 fully saturated rings. The number of halogens is 1. The van der Waals surface area contributed by atoms with Gasteiger partial charge in [0, 0.05) is 11.1 Å². The summed E-state index contributed by atoms with van der Waals surface area (Å²) in [5.74, 6) is -0.231. The smallest absolute Gasteiger partial charge is 0.262 e. The van der Waals surface area contributed by atoms with E-state index in [1.807, 2.05) is 30.3 Å². The van der Waals surface area contributed by atoms with Crippen LogP contribution in [0.4, 0.5) is 5.82 Å². The quantitative estimate of drug-likeness (QED) is 0.481. The molecule has 2 aromatic heterocycles. The molecular weight excluding hydrogens is 452 g/mol. The van der Waals surface area contributed by atoms with E-state index in [1.165, 1.54) is 0 Å². The molecule has 162 valence electrons. The van der Waals surface area contributed by atoms with Gasteiger partial charge in [-0.05, 0) is 25.1 Å². The fourth-order valence-electron chi connectivity index (χ4n) is 3.77. The van der Waals surface area contributed by atoms with Crippen molar-refractivity contribution in [2.45, 2.75) is 18.4 Å². The Morgan fingerprint density at radius 1 is 1.09 bits per heavy atom. The summed E-state index contributed by atoms with van der Waals surface area (Å²) in [6, 6.07) is 16.2. The molecule has 32 heavy (non-hydrogen) atoms. The maximum atomic E-state index is 13.4. The van der Waals surface area contributed by atoms with E-state index in [4.69, 9.17) is 16.1 Å². The summed E-state index contributed by atoms with van der Waals surface area (Å²) in [7, 11) is -3.31. The van der Waals surface area contributed by atoms with E-state index >= 15 is 0 Å². The Labute approximate surface area is 188 Å². The first-order chi connectivity index (χ1) is 15.3. The Morgan fingerprint density at radius 3 is 2.56 bits per heavy atom. The van der Waals surface area contributed by atoms with Crippen LogP contribution in [-0.2, 0) is 21.3 Å². The highest BCUT2D eigenvalue weighted by molar-refractivity contribution is 7.90. The molecule has 0 radical (unpaired) electrons. The highest BCUT2D eigenvalue weighted by Crippen LogP contribution is 2.35. The fraction of sp³-hybridized carbons (Fsp3) is 0.136. The first kappa shape index (κ1) is 20.5. The molecule has 10 heteroatoms. The Kier molecular flexibility index (Phi) is 4.87. The van der Waals surface area contributed by atoms with Crippen molar-refractivity contribution in [3.63, 3.8) is 0 Å². The van der Waals surface area contributed by atoms with Crippen molar-refractivity contribution in [1.82, 2.24) is 14.9 Å². The van der Waals surface area contributed by atoms with Gasteiger partial charge in [0.25, 0.3) is 5.91 Å². The van der Waals surface area contributed by atoms with Gasteiger partial charge in [-0.2, -0.15) is 5.10 Å². The van der Waals surface area contributed by atoms with Gasteiger partial charge in [-0.3, -0.25) is 4.79 Å². The Hall–Kier alpha value is -3.43. The summed E-state index contributed by atoms with van der Waals surface area (Å²) in [6.45, 7) is 1.63. The molecule has 0 saturated heterocycles. The molecule has 3 heterocycles. The van der Waals surface area contributed by atoms with Crippen LogP contribution in [0.2, 0.25) is 5.02 Å². The summed E-state index contributed by atoms with van der Waals surface area (Å²) in [5, 5.41) is 11.8. The van der Waals surface area contributed by atoms with Crippen molar-refractivity contribution in [1.29, 1.82) is 0 Å². The van der Waals surface area contributed by atoms with Gasteiger partial charge in [0.15, 0.2) is 9.84 Å². The predicted molar refractivity (Wildman–Crippen MR) is 120 cm³/mol. The fourth-order valence-corrected chi connectivity index (χ4v) is 5.49. The zero-order chi connectivity index (χ0) is 22.5. The van der Waals surface area contributed by atoms with Crippen LogP contribution in [0.1, 0.15) is 27.4 Å². The number of aryl methyl sites for hydroxylation is 1. The minimum absolute atomic E-state index is 0.164. The number of nitrogens with one attached hydrogen (secondary N) is 1. The highest BCUT2D eigenvalue weighted by Gasteiger charge is 2.34. The summed E-state index contributed by atoms with van der Waals surface area (Å²) in [5.41, 5.74) is 2.69. The number of fused-ring (bicyclic) bond motifs is 1. The second-order valence-electron chi connectivity index (χ2n) is 7.45. The van der Waals surface area contributed by atoms with Crippen molar-refractivity contribution in [2.75, 3.05) is 5.32 Å². The zero-order valence-electron chi connectivity index (χ0n) is 16.9. The Bertz CT molecular complexity index is 1460. The van der Waals surface area contributed by atoms with Crippen LogP contribution in [0.3, 0.4) is 0 Å². The SMILES string of the molecule is Cc1onc(-c2ccccc2Cl)c1C(=O)Nc1c2c(nn1-c1ccccc1)CS(=O)(=O)C2. The average Bonchev–Trinajstić information content (AvgIpc) is 3.39. The molecule has 0 bridgehead atoms. The molecule has 1 aliphatic rings. The van der Waals surface area contributed by atoms with Gasteiger partial charge < -0.3 is 9.84 Å². The van der Waals surface area contributed by atoms with Crippen LogP contribution >= 0.6 is 11.6 Å². The third-order valence-electron chi connectivity index (χ3n) is 5.24. The van der Waals surface area contributed by atoms with Gasteiger partial charge in [0.05, 0.1) is 27.9 Å². The number of para-hydroxylation sites is 1. The molecule has 1 aliphatic heterocycles. The third-order valence-corrected chi connectivity index (χ3v) is 7.01. The molecule has 0 atom stereocenters. The molecule has 0 spiro atoms. The number of aromatic nitrogens is 3. The molecule has 0 saturated carbocycles. The second-order valence-corrected chi connectivity index (χ2v) is 9.92. The lowest BCUT2D eigenvalue weighted by Crippen LogP contribution is -2.18. The van der Waals surface area contributed by atoms with Gasteiger partial charge in [-0.1, -0.05) is 53.2 Å². The normalized spacial score (nSPS) is 14.3. The molecule has 8 nitrogen and oxygen atoms in total. The average molecular weight is 469 g/mol. The third kappa shape index (κ3) is 3.49. The highest BCUT2D eigenvalue weighted by atomic mass is 35.5. The number of anilines is 1. The van der Waals surface area contributed by atoms with Gasteiger partial charge in [-0.15, -0.1) is 0 Å². The first-order valence-electron chi connectivity index (χ1n) is 9.73. The van der Waals surface area contributed by atoms with E-state index in [9.17, 15) is 13.2 Å². The van der Waals surface area contributed by atoms with Crippen LogP contribution < -0.4 is 5.32 Å². The summed E-state index contributed by atoms with van der Waals surface area (Å²) < 4.78 is 31.2. The standard InChI is InChI=1S/C22H17ClN4O4S/c1-13-19(20(26-31-13)15-9-5-6-10-17(15)23)22(28)24-21-16-11-32(29,30)12-18(16)25-27(21)14-7-3-2-4-8-14/h2-10H,11-12H2,1H3,(H,24,28). The lowest BCUT2D eigenvalue weighted by molar-refractivity contribution is 0.102. The van der Waals surface area contributed by atoms with Crippen LogP contribution in [0.15, 0.2) is 59.1 Å². The number of amides is 1. The minimum Gasteiger partial charge on any atom is -0.360 e. The predicted octanol–water partition coefficient (Wildman–Crippen LogP) is 4.17. The lowest BCUT2D eigenvalue weighted by Gasteiger charge is -2.11. The Balaban J connectivity index is 1.60. The topological polar surface area (TPSA) is 107 Å². The molecule has 4 aromatic rings. The molecule has 0 unspecified atom stereocenters. The van der Waals surface area contributed by atoms with Gasteiger partial charge in [-0.25, -0.2) is 13.1 Å². The minimum atomic E-state index is -3.31. The van der Waals surface area contributed by atoms with Crippen molar-refractivity contribution in [3.8, 4) is 16.9 Å².